The topological polar surface area (TPSA) is 79.2 Å². The fourth-order valence-corrected chi connectivity index (χ4v) is 4.33. The van der Waals surface area contributed by atoms with Crippen molar-refractivity contribution in [2.45, 2.75) is 6.92 Å². The zero-order chi connectivity index (χ0) is 23.3. The molecule has 5 nitrogen and oxygen atoms in total. The number of carbonyl (C=O) groups excluding carboxylic acids is 2. The molecule has 1 aromatic heterocycles. The molecule has 0 unspecified atom stereocenters. The van der Waals surface area contributed by atoms with Crippen LogP contribution in [-0.4, -0.2) is 18.5 Å². The summed E-state index contributed by atoms with van der Waals surface area (Å²) in [5.74, 6) is -1.27. The van der Waals surface area contributed by atoms with Crippen LogP contribution in [0.2, 0.25) is 15.1 Å². The van der Waals surface area contributed by atoms with Crippen molar-refractivity contribution in [3.8, 4) is 17.2 Å². The van der Waals surface area contributed by atoms with Crippen molar-refractivity contribution in [3.63, 3.8) is 0 Å². The Morgan fingerprint density at radius 1 is 1.12 bits per heavy atom. The van der Waals surface area contributed by atoms with Gasteiger partial charge in [0.05, 0.1) is 6.61 Å². The predicted molar refractivity (Wildman–Crippen MR) is 129 cm³/mol. The molecule has 0 radical (unpaired) electrons. The van der Waals surface area contributed by atoms with Gasteiger partial charge in [-0.3, -0.25) is 4.79 Å². The Balaban J connectivity index is 1.97. The molecule has 1 heterocycles. The highest BCUT2D eigenvalue weighted by atomic mass is 35.5. The number of amides is 1. The molecule has 0 fully saturated rings. The fraction of sp³-hybridized carbons (Fsp3) is 0.0870. The molecule has 0 saturated heterocycles. The number of benzene rings is 2. The van der Waals surface area contributed by atoms with Crippen LogP contribution >= 0.6 is 46.1 Å². The number of esters is 1. The Labute approximate surface area is 203 Å². The molecule has 32 heavy (non-hydrogen) atoms. The van der Waals surface area contributed by atoms with Gasteiger partial charge in [-0.05, 0) is 48.4 Å². The van der Waals surface area contributed by atoms with Crippen molar-refractivity contribution < 1.29 is 14.3 Å². The molecule has 0 saturated carbocycles. The van der Waals surface area contributed by atoms with Crippen LogP contribution in [0.15, 0.2) is 53.4 Å². The molecular formula is C23H15Cl3N2O3S. The number of nitrogens with zero attached hydrogens (tertiary/aromatic N) is 1. The average molecular weight is 506 g/mol. The molecular weight excluding hydrogens is 491 g/mol. The fourth-order valence-electron chi connectivity index (χ4n) is 2.79. The molecule has 0 aliphatic carbocycles. The van der Waals surface area contributed by atoms with Gasteiger partial charge >= 0.3 is 5.97 Å². The monoisotopic (exact) mass is 504 g/mol. The van der Waals surface area contributed by atoms with Gasteiger partial charge in [0, 0.05) is 26.0 Å². The van der Waals surface area contributed by atoms with E-state index in [1.54, 1.807) is 48.7 Å². The minimum atomic E-state index is -0.687. The van der Waals surface area contributed by atoms with Gasteiger partial charge in [-0.2, -0.15) is 5.26 Å². The summed E-state index contributed by atoms with van der Waals surface area (Å²) in [5, 5.41) is 15.4. The van der Waals surface area contributed by atoms with Crippen LogP contribution in [-0.2, 0) is 9.53 Å². The standard InChI is InChI=1S/C23H15Cl3N2O3S/c1-2-31-23(30)20-18(13-3-6-16(24)7-4-13)12-32-22(20)28-21(29)15(11-27)9-14-5-8-17(25)10-19(14)26/h3-10,12H,2H2,1H3,(H,28,29). The van der Waals surface area contributed by atoms with E-state index < -0.39 is 11.9 Å². The van der Waals surface area contributed by atoms with Crippen LogP contribution in [0.5, 0.6) is 0 Å². The maximum Gasteiger partial charge on any atom is 0.341 e. The number of nitriles is 1. The molecule has 0 bridgehead atoms. The van der Waals surface area contributed by atoms with Crippen molar-refractivity contribution >= 4 is 69.1 Å². The molecule has 0 atom stereocenters. The lowest BCUT2D eigenvalue weighted by atomic mass is 10.0. The van der Waals surface area contributed by atoms with Crippen molar-refractivity contribution in [2.24, 2.45) is 0 Å². The zero-order valence-corrected chi connectivity index (χ0v) is 19.7. The summed E-state index contributed by atoms with van der Waals surface area (Å²) in [7, 11) is 0. The molecule has 3 rings (SSSR count). The normalized spacial score (nSPS) is 11.0. The number of halogens is 3. The molecule has 0 aliphatic heterocycles. The Hall–Kier alpha value is -2.82. The maximum atomic E-state index is 12.8. The van der Waals surface area contributed by atoms with Crippen molar-refractivity contribution in [1.82, 2.24) is 0 Å². The second-order valence-corrected chi connectivity index (χ2v) is 8.53. The highest BCUT2D eigenvalue weighted by molar-refractivity contribution is 7.15. The van der Waals surface area contributed by atoms with E-state index in [4.69, 9.17) is 39.5 Å². The SMILES string of the molecule is CCOC(=O)c1c(-c2ccc(Cl)cc2)csc1NC(=O)C(C#N)=Cc1ccc(Cl)cc1Cl. The Morgan fingerprint density at radius 2 is 1.81 bits per heavy atom. The molecule has 3 aromatic rings. The number of hydrogen-bond donors (Lipinski definition) is 1. The summed E-state index contributed by atoms with van der Waals surface area (Å²) in [4.78, 5) is 25.5. The molecule has 0 aliphatic rings. The molecule has 162 valence electrons. The van der Waals surface area contributed by atoms with E-state index in [0.717, 1.165) is 16.9 Å². The summed E-state index contributed by atoms with van der Waals surface area (Å²) in [6.07, 6.45) is 1.35. The Bertz CT molecular complexity index is 1240. The predicted octanol–water partition coefficient (Wildman–Crippen LogP) is 7.10. The minimum absolute atomic E-state index is 0.167. The first-order valence-corrected chi connectivity index (χ1v) is 11.3. The van der Waals surface area contributed by atoms with Crippen LogP contribution in [0.3, 0.4) is 0 Å². The van der Waals surface area contributed by atoms with E-state index in [1.807, 2.05) is 6.07 Å². The third-order valence-electron chi connectivity index (χ3n) is 4.28. The van der Waals surface area contributed by atoms with Crippen molar-refractivity contribution in [3.05, 3.63) is 79.6 Å². The highest BCUT2D eigenvalue weighted by Crippen LogP contribution is 2.37. The van der Waals surface area contributed by atoms with Gasteiger partial charge in [0.2, 0.25) is 0 Å². The number of anilines is 1. The number of carbonyl (C=O) groups is 2. The number of nitrogens with one attached hydrogen (secondary N) is 1. The van der Waals surface area contributed by atoms with E-state index >= 15 is 0 Å². The smallest absolute Gasteiger partial charge is 0.341 e. The van der Waals surface area contributed by atoms with Gasteiger partial charge in [0.25, 0.3) is 5.91 Å². The molecule has 1 amide bonds. The number of hydrogen-bond acceptors (Lipinski definition) is 5. The first-order chi connectivity index (χ1) is 15.3. The van der Waals surface area contributed by atoms with Gasteiger partial charge in [-0.15, -0.1) is 11.3 Å². The quantitative estimate of drug-likeness (QED) is 0.220. The number of ether oxygens (including phenoxy) is 1. The van der Waals surface area contributed by atoms with E-state index in [1.165, 1.54) is 12.1 Å². The Kier molecular flexibility index (Phi) is 7.94. The van der Waals surface area contributed by atoms with Crippen molar-refractivity contribution in [2.75, 3.05) is 11.9 Å². The van der Waals surface area contributed by atoms with Gasteiger partial charge < -0.3 is 10.1 Å². The molecule has 1 N–H and O–H groups in total. The van der Waals surface area contributed by atoms with Gasteiger partial charge in [-0.25, -0.2) is 4.79 Å². The van der Waals surface area contributed by atoms with Crippen molar-refractivity contribution in [1.29, 1.82) is 5.26 Å². The summed E-state index contributed by atoms with van der Waals surface area (Å²) in [5.41, 5.74) is 1.79. The third kappa shape index (κ3) is 5.50. The lowest BCUT2D eigenvalue weighted by Crippen LogP contribution is -2.16. The van der Waals surface area contributed by atoms with Crippen LogP contribution in [0, 0.1) is 11.3 Å². The lowest BCUT2D eigenvalue weighted by molar-refractivity contribution is -0.112. The lowest BCUT2D eigenvalue weighted by Gasteiger charge is -2.09. The second kappa shape index (κ2) is 10.7. The van der Waals surface area contributed by atoms with Gasteiger partial charge in [0.1, 0.15) is 22.2 Å². The largest absolute Gasteiger partial charge is 0.462 e. The van der Waals surface area contributed by atoms with E-state index in [0.29, 0.717) is 26.2 Å². The Morgan fingerprint density at radius 3 is 2.44 bits per heavy atom. The minimum Gasteiger partial charge on any atom is -0.462 e. The second-order valence-electron chi connectivity index (χ2n) is 6.37. The van der Waals surface area contributed by atoms with Crippen LogP contribution < -0.4 is 5.32 Å². The first-order valence-electron chi connectivity index (χ1n) is 9.26. The first kappa shape index (κ1) is 23.8. The molecule has 9 heteroatoms. The average Bonchev–Trinajstić information content (AvgIpc) is 3.17. The summed E-state index contributed by atoms with van der Waals surface area (Å²) >= 11 is 19.1. The number of rotatable bonds is 6. The van der Waals surface area contributed by atoms with Gasteiger partial charge in [0.15, 0.2) is 0 Å². The van der Waals surface area contributed by atoms with Crippen LogP contribution in [0.1, 0.15) is 22.8 Å². The van der Waals surface area contributed by atoms with Crippen LogP contribution in [0.4, 0.5) is 5.00 Å². The summed E-state index contributed by atoms with van der Waals surface area (Å²) in [6, 6.07) is 13.5. The number of thiophene rings is 1. The zero-order valence-electron chi connectivity index (χ0n) is 16.6. The van der Waals surface area contributed by atoms with E-state index in [2.05, 4.69) is 5.32 Å². The maximum absolute atomic E-state index is 12.8. The van der Waals surface area contributed by atoms with E-state index in [-0.39, 0.29) is 22.7 Å². The molecule has 2 aromatic carbocycles. The molecule has 0 spiro atoms. The van der Waals surface area contributed by atoms with E-state index in [9.17, 15) is 14.9 Å². The highest BCUT2D eigenvalue weighted by Gasteiger charge is 2.24. The van der Waals surface area contributed by atoms with Gasteiger partial charge in [-0.1, -0.05) is 53.0 Å². The summed E-state index contributed by atoms with van der Waals surface area (Å²) in [6.45, 7) is 1.86. The third-order valence-corrected chi connectivity index (χ3v) is 5.99. The van der Waals surface area contributed by atoms with Crippen LogP contribution in [0.25, 0.3) is 17.2 Å². The summed E-state index contributed by atoms with van der Waals surface area (Å²) < 4.78 is 5.18.